The molecule has 0 unspecified atom stereocenters. The van der Waals surface area contributed by atoms with Gasteiger partial charge in [-0.05, 0) is 31.4 Å². The summed E-state index contributed by atoms with van der Waals surface area (Å²) in [5.41, 5.74) is 9.14. The van der Waals surface area contributed by atoms with E-state index in [0.717, 1.165) is 42.9 Å². The molecule has 0 fully saturated rings. The number of rotatable bonds is 6. The van der Waals surface area contributed by atoms with E-state index in [4.69, 9.17) is 10.8 Å². The standard InChI is InChI=1S/C13H22N2O/c1-3-8-15(9-5-10-16)12-7-4-6-11(2)13(12)14/h4,6-7,16H,3,5,8-10,14H2,1-2H3. The fourth-order valence-corrected chi connectivity index (χ4v) is 1.83. The van der Waals surface area contributed by atoms with E-state index in [1.807, 2.05) is 19.1 Å². The molecular weight excluding hydrogens is 200 g/mol. The molecule has 0 heterocycles. The van der Waals surface area contributed by atoms with Crippen molar-refractivity contribution >= 4 is 11.4 Å². The van der Waals surface area contributed by atoms with Crippen LogP contribution in [-0.4, -0.2) is 24.8 Å². The molecule has 0 bridgehead atoms. The first-order valence-electron chi connectivity index (χ1n) is 5.91. The van der Waals surface area contributed by atoms with Crippen molar-refractivity contribution in [1.29, 1.82) is 0 Å². The minimum Gasteiger partial charge on any atom is -0.397 e. The molecule has 0 saturated heterocycles. The van der Waals surface area contributed by atoms with Crippen LogP contribution in [0.25, 0.3) is 0 Å². The number of aliphatic hydroxyl groups is 1. The first-order valence-corrected chi connectivity index (χ1v) is 5.91. The number of hydrogen-bond acceptors (Lipinski definition) is 3. The highest BCUT2D eigenvalue weighted by molar-refractivity contribution is 5.70. The number of para-hydroxylation sites is 1. The van der Waals surface area contributed by atoms with Crippen LogP contribution in [0.4, 0.5) is 11.4 Å². The van der Waals surface area contributed by atoms with E-state index in [-0.39, 0.29) is 6.61 Å². The van der Waals surface area contributed by atoms with Crippen LogP contribution in [0.3, 0.4) is 0 Å². The number of aliphatic hydroxyl groups excluding tert-OH is 1. The van der Waals surface area contributed by atoms with Crippen molar-refractivity contribution in [2.45, 2.75) is 26.7 Å². The molecule has 3 nitrogen and oxygen atoms in total. The highest BCUT2D eigenvalue weighted by atomic mass is 16.3. The van der Waals surface area contributed by atoms with Gasteiger partial charge in [0.1, 0.15) is 0 Å². The van der Waals surface area contributed by atoms with E-state index >= 15 is 0 Å². The number of nitrogens with two attached hydrogens (primary N) is 1. The van der Waals surface area contributed by atoms with Crippen molar-refractivity contribution in [2.24, 2.45) is 0 Å². The second-order valence-corrected chi connectivity index (χ2v) is 4.07. The first-order chi connectivity index (χ1) is 7.70. The summed E-state index contributed by atoms with van der Waals surface area (Å²) >= 11 is 0. The Morgan fingerprint density at radius 3 is 2.69 bits per heavy atom. The predicted octanol–water partition coefficient (Wildman–Crippen LogP) is 2.18. The van der Waals surface area contributed by atoms with Crippen LogP contribution in [0.1, 0.15) is 25.3 Å². The van der Waals surface area contributed by atoms with E-state index in [0.29, 0.717) is 0 Å². The number of aryl methyl sites for hydroxylation is 1. The van der Waals surface area contributed by atoms with Gasteiger partial charge < -0.3 is 15.7 Å². The van der Waals surface area contributed by atoms with Crippen molar-refractivity contribution in [3.63, 3.8) is 0 Å². The van der Waals surface area contributed by atoms with Gasteiger partial charge in [0, 0.05) is 19.7 Å². The largest absolute Gasteiger partial charge is 0.397 e. The third-order valence-electron chi connectivity index (χ3n) is 2.72. The molecule has 0 aliphatic heterocycles. The summed E-state index contributed by atoms with van der Waals surface area (Å²) in [5, 5.41) is 8.90. The van der Waals surface area contributed by atoms with Gasteiger partial charge in [-0.3, -0.25) is 0 Å². The van der Waals surface area contributed by atoms with E-state index in [2.05, 4.69) is 17.9 Å². The summed E-state index contributed by atoms with van der Waals surface area (Å²) in [6.07, 6.45) is 1.87. The molecule has 90 valence electrons. The van der Waals surface area contributed by atoms with Crippen molar-refractivity contribution in [3.05, 3.63) is 23.8 Å². The van der Waals surface area contributed by atoms with Gasteiger partial charge in [-0.2, -0.15) is 0 Å². The highest BCUT2D eigenvalue weighted by Crippen LogP contribution is 2.26. The number of nitrogen functional groups attached to an aromatic ring is 1. The zero-order valence-corrected chi connectivity index (χ0v) is 10.2. The number of anilines is 2. The Balaban J connectivity index is 2.86. The zero-order valence-electron chi connectivity index (χ0n) is 10.2. The minimum atomic E-state index is 0.228. The van der Waals surface area contributed by atoms with Gasteiger partial charge in [0.15, 0.2) is 0 Å². The van der Waals surface area contributed by atoms with Crippen LogP contribution in [0.15, 0.2) is 18.2 Å². The lowest BCUT2D eigenvalue weighted by atomic mass is 10.1. The monoisotopic (exact) mass is 222 g/mol. The third kappa shape index (κ3) is 3.14. The molecule has 1 aromatic carbocycles. The molecule has 0 saturated carbocycles. The Hall–Kier alpha value is -1.22. The Kier molecular flexibility index (Phi) is 5.12. The summed E-state index contributed by atoms with van der Waals surface area (Å²) in [5.74, 6) is 0. The molecular formula is C13H22N2O. The van der Waals surface area contributed by atoms with E-state index < -0.39 is 0 Å². The summed E-state index contributed by atoms with van der Waals surface area (Å²) in [6.45, 7) is 6.24. The molecule has 0 aliphatic rings. The predicted molar refractivity (Wildman–Crippen MR) is 69.8 cm³/mol. The average Bonchev–Trinajstić information content (AvgIpc) is 2.28. The lowest BCUT2D eigenvalue weighted by Crippen LogP contribution is -2.27. The molecule has 0 aromatic heterocycles. The summed E-state index contributed by atoms with van der Waals surface area (Å²) in [6, 6.07) is 6.10. The number of nitrogens with zero attached hydrogens (tertiary/aromatic N) is 1. The molecule has 0 spiro atoms. The highest BCUT2D eigenvalue weighted by Gasteiger charge is 2.09. The molecule has 3 heteroatoms. The first kappa shape index (κ1) is 12.8. The van der Waals surface area contributed by atoms with Crippen molar-refractivity contribution in [3.8, 4) is 0 Å². The Morgan fingerprint density at radius 2 is 2.06 bits per heavy atom. The smallest absolute Gasteiger partial charge is 0.0602 e. The maximum Gasteiger partial charge on any atom is 0.0602 e. The van der Waals surface area contributed by atoms with Crippen molar-refractivity contribution in [2.75, 3.05) is 30.3 Å². The van der Waals surface area contributed by atoms with Gasteiger partial charge in [0.05, 0.1) is 11.4 Å². The quantitative estimate of drug-likeness (QED) is 0.725. The third-order valence-corrected chi connectivity index (χ3v) is 2.72. The lowest BCUT2D eigenvalue weighted by Gasteiger charge is -2.26. The molecule has 0 radical (unpaired) electrons. The van der Waals surface area contributed by atoms with Gasteiger partial charge in [-0.15, -0.1) is 0 Å². The van der Waals surface area contributed by atoms with Gasteiger partial charge >= 0.3 is 0 Å². The van der Waals surface area contributed by atoms with Crippen molar-refractivity contribution in [1.82, 2.24) is 0 Å². The summed E-state index contributed by atoms with van der Waals surface area (Å²) in [4.78, 5) is 2.25. The second kappa shape index (κ2) is 6.38. The normalized spacial score (nSPS) is 10.4. The second-order valence-electron chi connectivity index (χ2n) is 4.07. The van der Waals surface area contributed by atoms with Gasteiger partial charge in [0.25, 0.3) is 0 Å². The SMILES string of the molecule is CCCN(CCCO)c1cccc(C)c1N. The maximum atomic E-state index is 8.90. The number of hydrogen-bond donors (Lipinski definition) is 2. The average molecular weight is 222 g/mol. The minimum absolute atomic E-state index is 0.228. The molecule has 16 heavy (non-hydrogen) atoms. The van der Waals surface area contributed by atoms with Crippen LogP contribution in [-0.2, 0) is 0 Å². The van der Waals surface area contributed by atoms with E-state index in [1.54, 1.807) is 0 Å². The van der Waals surface area contributed by atoms with E-state index in [9.17, 15) is 0 Å². The molecule has 3 N–H and O–H groups in total. The summed E-state index contributed by atoms with van der Waals surface area (Å²) in [7, 11) is 0. The van der Waals surface area contributed by atoms with Crippen LogP contribution in [0.5, 0.6) is 0 Å². The van der Waals surface area contributed by atoms with Crippen LogP contribution in [0.2, 0.25) is 0 Å². The Labute approximate surface area is 97.9 Å². The van der Waals surface area contributed by atoms with Crippen LogP contribution >= 0.6 is 0 Å². The fourth-order valence-electron chi connectivity index (χ4n) is 1.83. The van der Waals surface area contributed by atoms with E-state index in [1.165, 1.54) is 0 Å². The lowest BCUT2D eigenvalue weighted by molar-refractivity contribution is 0.289. The molecule has 0 amide bonds. The Morgan fingerprint density at radius 1 is 1.31 bits per heavy atom. The number of benzene rings is 1. The van der Waals surface area contributed by atoms with Gasteiger partial charge in [-0.1, -0.05) is 19.1 Å². The summed E-state index contributed by atoms with van der Waals surface area (Å²) < 4.78 is 0. The van der Waals surface area contributed by atoms with Crippen LogP contribution < -0.4 is 10.6 Å². The van der Waals surface area contributed by atoms with Crippen molar-refractivity contribution < 1.29 is 5.11 Å². The molecule has 1 aromatic rings. The Bertz CT molecular complexity index is 326. The van der Waals surface area contributed by atoms with Gasteiger partial charge in [-0.25, -0.2) is 0 Å². The van der Waals surface area contributed by atoms with Gasteiger partial charge in [0.2, 0.25) is 0 Å². The molecule has 0 aliphatic carbocycles. The van der Waals surface area contributed by atoms with Crippen LogP contribution in [0, 0.1) is 6.92 Å². The topological polar surface area (TPSA) is 49.5 Å². The maximum absolute atomic E-state index is 8.90. The molecule has 0 atom stereocenters. The zero-order chi connectivity index (χ0) is 12.0. The molecule has 1 rings (SSSR count). The fraction of sp³-hybridized carbons (Fsp3) is 0.538.